The minimum absolute atomic E-state index is 0.0741. The number of esters is 1. The van der Waals surface area contributed by atoms with Gasteiger partial charge in [-0.2, -0.15) is 0 Å². The summed E-state index contributed by atoms with van der Waals surface area (Å²) >= 11 is 0. The Morgan fingerprint density at radius 1 is 1.03 bits per heavy atom. The van der Waals surface area contributed by atoms with Crippen molar-refractivity contribution in [2.24, 2.45) is 11.8 Å². The molecule has 0 radical (unpaired) electrons. The van der Waals surface area contributed by atoms with Crippen LogP contribution in [0.3, 0.4) is 0 Å². The molecule has 8 nitrogen and oxygen atoms in total. The lowest BCUT2D eigenvalue weighted by Gasteiger charge is -2.27. The maximum atomic E-state index is 13.0. The number of hydrogen-bond donors (Lipinski definition) is 3. The Bertz CT molecular complexity index is 662. The fourth-order valence-electron chi connectivity index (χ4n) is 3.03. The van der Waals surface area contributed by atoms with Gasteiger partial charge in [0.2, 0.25) is 5.91 Å². The molecule has 1 rings (SSSR count). The van der Waals surface area contributed by atoms with Crippen LogP contribution in [0, 0.1) is 11.8 Å². The maximum absolute atomic E-state index is 13.0. The number of carbonyl (C=O) groups is 3. The minimum Gasteiger partial charge on any atom is -0.461 e. The van der Waals surface area contributed by atoms with Gasteiger partial charge in [0.15, 0.2) is 0 Å². The van der Waals surface area contributed by atoms with E-state index in [0.29, 0.717) is 6.42 Å². The zero-order valence-electron chi connectivity index (χ0n) is 17.7. The van der Waals surface area contributed by atoms with Crippen molar-refractivity contribution >= 4 is 17.8 Å². The van der Waals surface area contributed by atoms with Crippen LogP contribution in [0.4, 0.5) is 0 Å². The highest BCUT2D eigenvalue weighted by atomic mass is 16.5. The number of hydroxylamine groups is 1. The van der Waals surface area contributed by atoms with Crippen molar-refractivity contribution in [3.8, 4) is 0 Å². The molecule has 0 spiro atoms. The highest BCUT2D eigenvalue weighted by Crippen LogP contribution is 2.19. The highest BCUT2D eigenvalue weighted by Gasteiger charge is 2.36. The van der Waals surface area contributed by atoms with Gasteiger partial charge in [0.05, 0.1) is 12.0 Å². The second-order valence-electron chi connectivity index (χ2n) is 7.60. The van der Waals surface area contributed by atoms with E-state index in [1.165, 1.54) is 12.6 Å². The van der Waals surface area contributed by atoms with E-state index in [1.807, 2.05) is 44.2 Å². The molecule has 0 saturated carbocycles. The van der Waals surface area contributed by atoms with Crippen LogP contribution in [0.5, 0.6) is 0 Å². The molecule has 3 N–H and O–H groups in total. The lowest BCUT2D eigenvalue weighted by atomic mass is 9.90. The average Bonchev–Trinajstić information content (AvgIpc) is 2.66. The molecule has 0 aliphatic carbocycles. The number of ether oxygens (including phenoxy) is 2. The molecule has 3 atom stereocenters. The number of amides is 2. The summed E-state index contributed by atoms with van der Waals surface area (Å²) in [6.07, 6.45) is -0.956. The van der Waals surface area contributed by atoms with Crippen molar-refractivity contribution < 1.29 is 29.1 Å². The van der Waals surface area contributed by atoms with Crippen LogP contribution in [-0.2, 0) is 30.3 Å². The van der Waals surface area contributed by atoms with Crippen molar-refractivity contribution in [3.05, 3.63) is 35.9 Å². The maximum Gasteiger partial charge on any atom is 0.329 e. The molecule has 0 fully saturated rings. The van der Waals surface area contributed by atoms with Crippen LogP contribution >= 0.6 is 0 Å². The van der Waals surface area contributed by atoms with Gasteiger partial charge in [0, 0.05) is 13.5 Å². The molecule has 162 valence electrons. The van der Waals surface area contributed by atoms with Crippen LogP contribution in [0.25, 0.3) is 0 Å². The molecule has 0 bridgehead atoms. The van der Waals surface area contributed by atoms with E-state index in [-0.39, 0.29) is 18.4 Å². The zero-order valence-corrected chi connectivity index (χ0v) is 17.7. The number of nitrogens with one attached hydrogen (secondary N) is 2. The van der Waals surface area contributed by atoms with Gasteiger partial charge in [-0.25, -0.2) is 10.3 Å². The van der Waals surface area contributed by atoms with Crippen molar-refractivity contribution in [1.29, 1.82) is 0 Å². The second-order valence-corrected chi connectivity index (χ2v) is 7.60. The molecule has 0 unspecified atom stereocenters. The quantitative estimate of drug-likeness (QED) is 0.292. The molecule has 0 aromatic heterocycles. The topological polar surface area (TPSA) is 114 Å². The highest BCUT2D eigenvalue weighted by molar-refractivity contribution is 5.91. The second kappa shape index (κ2) is 12.2. The molecule has 1 aromatic carbocycles. The molecule has 1 aromatic rings. The van der Waals surface area contributed by atoms with Crippen molar-refractivity contribution in [3.63, 3.8) is 0 Å². The summed E-state index contributed by atoms with van der Waals surface area (Å²) in [4.78, 5) is 37.6. The first-order valence-corrected chi connectivity index (χ1v) is 9.71. The van der Waals surface area contributed by atoms with Crippen LogP contribution in [0.2, 0.25) is 0 Å². The van der Waals surface area contributed by atoms with Gasteiger partial charge in [-0.05, 0) is 31.7 Å². The van der Waals surface area contributed by atoms with Crippen LogP contribution in [0.1, 0.15) is 39.7 Å². The van der Waals surface area contributed by atoms with Crippen molar-refractivity contribution in [1.82, 2.24) is 10.8 Å². The Morgan fingerprint density at radius 2 is 1.66 bits per heavy atom. The van der Waals surface area contributed by atoms with Gasteiger partial charge in [-0.15, -0.1) is 0 Å². The summed E-state index contributed by atoms with van der Waals surface area (Å²) in [5.74, 6) is -2.71. The van der Waals surface area contributed by atoms with Gasteiger partial charge >= 0.3 is 5.97 Å². The lowest BCUT2D eigenvalue weighted by Crippen LogP contribution is -2.51. The standard InChI is InChI=1S/C21H32N2O6/c1-13(2)11-16(18(28-5)20(25)23-27)19(24)22-17(21(26)29-14(3)4)12-15-9-7-6-8-10-15/h6-10,13-14,16-18,27H,11-12H2,1-5H3,(H,22,24)(H,23,25)/t16-,17+,18+/m1/s1. The number of rotatable bonds is 11. The molecule has 0 heterocycles. The van der Waals surface area contributed by atoms with Crippen molar-refractivity contribution in [2.45, 2.75) is 58.8 Å². The summed E-state index contributed by atoms with van der Waals surface area (Å²) in [6, 6.07) is 8.33. The SMILES string of the molecule is CO[C@H](C(=O)NO)[C@@H](CC(C)C)C(=O)N[C@@H](Cc1ccccc1)C(=O)OC(C)C. The summed E-state index contributed by atoms with van der Waals surface area (Å²) in [6.45, 7) is 7.26. The van der Waals surface area contributed by atoms with Gasteiger partial charge in [-0.3, -0.25) is 14.8 Å². The summed E-state index contributed by atoms with van der Waals surface area (Å²) in [7, 11) is 1.29. The monoisotopic (exact) mass is 408 g/mol. The Morgan fingerprint density at radius 3 is 2.14 bits per heavy atom. The fraction of sp³-hybridized carbons (Fsp3) is 0.571. The Kier molecular flexibility index (Phi) is 10.3. The van der Waals surface area contributed by atoms with Crippen LogP contribution < -0.4 is 10.8 Å². The molecular weight excluding hydrogens is 376 g/mol. The summed E-state index contributed by atoms with van der Waals surface area (Å²) in [5.41, 5.74) is 2.39. The minimum atomic E-state index is -1.19. The van der Waals surface area contributed by atoms with E-state index in [1.54, 1.807) is 13.8 Å². The zero-order chi connectivity index (χ0) is 22.0. The first kappa shape index (κ1) is 24.6. The number of carbonyl (C=O) groups excluding carboxylic acids is 3. The molecule has 0 aliphatic rings. The third-order valence-corrected chi connectivity index (χ3v) is 4.29. The van der Waals surface area contributed by atoms with Gasteiger partial charge in [0.1, 0.15) is 12.1 Å². The summed E-state index contributed by atoms with van der Waals surface area (Å²) in [5, 5.41) is 11.7. The third-order valence-electron chi connectivity index (χ3n) is 4.29. The molecule has 0 aliphatic heterocycles. The first-order chi connectivity index (χ1) is 13.7. The van der Waals surface area contributed by atoms with E-state index in [9.17, 15) is 14.4 Å². The van der Waals surface area contributed by atoms with Gasteiger partial charge < -0.3 is 14.8 Å². The fourth-order valence-corrected chi connectivity index (χ4v) is 3.03. The third kappa shape index (κ3) is 8.21. The summed E-state index contributed by atoms with van der Waals surface area (Å²) < 4.78 is 10.5. The molecule has 0 saturated heterocycles. The number of methoxy groups -OCH3 is 1. The predicted octanol–water partition coefficient (Wildman–Crippen LogP) is 1.85. The molecule has 8 heteroatoms. The lowest BCUT2D eigenvalue weighted by molar-refractivity contribution is -0.154. The Labute approximate surface area is 171 Å². The van der Waals surface area contributed by atoms with Gasteiger partial charge in [-0.1, -0.05) is 44.2 Å². The largest absolute Gasteiger partial charge is 0.461 e. The van der Waals surface area contributed by atoms with Crippen LogP contribution in [-0.4, -0.2) is 48.4 Å². The van der Waals surface area contributed by atoms with E-state index in [2.05, 4.69) is 5.32 Å². The number of hydrogen-bond acceptors (Lipinski definition) is 6. The van der Waals surface area contributed by atoms with Gasteiger partial charge in [0.25, 0.3) is 5.91 Å². The van der Waals surface area contributed by atoms with E-state index >= 15 is 0 Å². The van der Waals surface area contributed by atoms with E-state index < -0.39 is 35.8 Å². The average molecular weight is 408 g/mol. The molecule has 29 heavy (non-hydrogen) atoms. The molecule has 2 amide bonds. The van der Waals surface area contributed by atoms with E-state index in [4.69, 9.17) is 14.7 Å². The normalized spacial score (nSPS) is 14.2. The van der Waals surface area contributed by atoms with Crippen LogP contribution in [0.15, 0.2) is 30.3 Å². The number of benzene rings is 1. The first-order valence-electron chi connectivity index (χ1n) is 9.71. The van der Waals surface area contributed by atoms with Crippen molar-refractivity contribution in [2.75, 3.05) is 7.11 Å². The Balaban J connectivity index is 3.08. The Hall–Kier alpha value is -2.45. The smallest absolute Gasteiger partial charge is 0.329 e. The van der Waals surface area contributed by atoms with E-state index in [0.717, 1.165) is 5.56 Å². The molecular formula is C21H32N2O6. The predicted molar refractivity (Wildman–Crippen MR) is 107 cm³/mol.